The summed E-state index contributed by atoms with van der Waals surface area (Å²) in [7, 11) is 0. The summed E-state index contributed by atoms with van der Waals surface area (Å²) in [6, 6.07) is 6.23. The van der Waals surface area contributed by atoms with Crippen molar-refractivity contribution in [2.24, 2.45) is 5.92 Å². The van der Waals surface area contributed by atoms with E-state index in [1.165, 1.54) is 19.1 Å². The van der Waals surface area contributed by atoms with Crippen molar-refractivity contribution in [3.8, 4) is 0 Å². The van der Waals surface area contributed by atoms with Gasteiger partial charge in [-0.25, -0.2) is 4.39 Å². The van der Waals surface area contributed by atoms with Crippen LogP contribution < -0.4 is 0 Å². The standard InChI is InChI=1S/C13H15FO3/c1-9(16)17-7-11-6-13(11,8-15)10-3-2-4-12(14)5-10/h2-5,11,15H,6-8H2,1H3/t11-,13+/m0/s1. The summed E-state index contributed by atoms with van der Waals surface area (Å²) in [6.45, 7) is 1.58. The second-order valence-electron chi connectivity index (χ2n) is 4.53. The summed E-state index contributed by atoms with van der Waals surface area (Å²) in [5.41, 5.74) is 0.342. The van der Waals surface area contributed by atoms with Gasteiger partial charge >= 0.3 is 5.97 Å². The molecule has 1 saturated carbocycles. The van der Waals surface area contributed by atoms with Crippen molar-refractivity contribution in [3.05, 3.63) is 35.6 Å². The lowest BCUT2D eigenvalue weighted by Gasteiger charge is -2.15. The first-order valence-electron chi connectivity index (χ1n) is 5.59. The van der Waals surface area contributed by atoms with Crippen LogP contribution in [0.25, 0.3) is 0 Å². The molecule has 0 bridgehead atoms. The lowest BCUT2D eigenvalue weighted by atomic mass is 9.94. The number of carbonyl (C=O) groups is 1. The van der Waals surface area contributed by atoms with Gasteiger partial charge in [-0.3, -0.25) is 4.79 Å². The van der Waals surface area contributed by atoms with E-state index < -0.39 is 5.41 Å². The SMILES string of the molecule is CC(=O)OC[C@@H]1C[C@@]1(CO)c1cccc(F)c1. The fourth-order valence-electron chi connectivity index (χ4n) is 2.25. The quantitative estimate of drug-likeness (QED) is 0.811. The Labute approximate surface area is 99.2 Å². The van der Waals surface area contributed by atoms with E-state index in [0.717, 1.165) is 12.0 Å². The number of benzene rings is 1. The molecule has 0 amide bonds. The van der Waals surface area contributed by atoms with Gasteiger partial charge in [-0.2, -0.15) is 0 Å². The smallest absolute Gasteiger partial charge is 0.302 e. The van der Waals surface area contributed by atoms with Gasteiger partial charge in [0, 0.05) is 18.3 Å². The van der Waals surface area contributed by atoms with Crippen LogP contribution in [-0.4, -0.2) is 24.3 Å². The zero-order valence-electron chi connectivity index (χ0n) is 9.65. The summed E-state index contributed by atoms with van der Waals surface area (Å²) < 4.78 is 18.1. The third-order valence-electron chi connectivity index (χ3n) is 3.40. The highest BCUT2D eigenvalue weighted by molar-refractivity contribution is 5.66. The van der Waals surface area contributed by atoms with Crippen molar-refractivity contribution >= 4 is 5.97 Å². The predicted octanol–water partition coefficient (Wildman–Crippen LogP) is 1.64. The molecule has 0 unspecified atom stereocenters. The highest BCUT2D eigenvalue weighted by Crippen LogP contribution is 2.54. The molecule has 17 heavy (non-hydrogen) atoms. The van der Waals surface area contributed by atoms with Crippen molar-refractivity contribution in [3.63, 3.8) is 0 Å². The third kappa shape index (κ3) is 2.31. The highest BCUT2D eigenvalue weighted by atomic mass is 19.1. The molecule has 0 radical (unpaired) electrons. The van der Waals surface area contributed by atoms with Gasteiger partial charge in [0.1, 0.15) is 5.82 Å². The van der Waals surface area contributed by atoms with Gasteiger partial charge in [-0.05, 0) is 24.1 Å². The molecular formula is C13H15FO3. The number of rotatable bonds is 4. The van der Waals surface area contributed by atoms with Crippen molar-refractivity contribution in [1.82, 2.24) is 0 Å². The van der Waals surface area contributed by atoms with Crippen LogP contribution in [0.2, 0.25) is 0 Å². The molecule has 0 spiro atoms. The average Bonchev–Trinajstić information content (AvgIpc) is 3.01. The van der Waals surface area contributed by atoms with Crippen LogP contribution in [0.5, 0.6) is 0 Å². The maximum absolute atomic E-state index is 13.1. The number of aliphatic hydroxyl groups is 1. The minimum absolute atomic E-state index is 0.0532. The number of ether oxygens (including phenoxy) is 1. The van der Waals surface area contributed by atoms with Crippen LogP contribution in [0.4, 0.5) is 4.39 Å². The molecule has 1 N–H and O–H groups in total. The fraction of sp³-hybridized carbons (Fsp3) is 0.462. The van der Waals surface area contributed by atoms with Gasteiger partial charge < -0.3 is 9.84 Å². The van der Waals surface area contributed by atoms with Crippen molar-refractivity contribution in [2.75, 3.05) is 13.2 Å². The second kappa shape index (κ2) is 4.45. The molecule has 4 heteroatoms. The van der Waals surface area contributed by atoms with E-state index in [-0.39, 0.29) is 30.9 Å². The molecule has 0 heterocycles. The maximum atomic E-state index is 13.1. The Kier molecular flexibility index (Phi) is 3.15. The summed E-state index contributed by atoms with van der Waals surface area (Å²) in [5.74, 6) is -0.561. The second-order valence-corrected chi connectivity index (χ2v) is 4.53. The molecule has 0 saturated heterocycles. The van der Waals surface area contributed by atoms with Crippen molar-refractivity contribution in [2.45, 2.75) is 18.8 Å². The summed E-state index contributed by atoms with van der Waals surface area (Å²) >= 11 is 0. The Morgan fingerprint density at radius 3 is 3.00 bits per heavy atom. The first kappa shape index (κ1) is 12.0. The Morgan fingerprint density at radius 2 is 2.41 bits per heavy atom. The molecular weight excluding hydrogens is 223 g/mol. The predicted molar refractivity (Wildman–Crippen MR) is 59.9 cm³/mol. The van der Waals surface area contributed by atoms with Gasteiger partial charge in [-0.1, -0.05) is 12.1 Å². The summed E-state index contributed by atoms with van der Waals surface area (Å²) in [4.78, 5) is 10.7. The molecule has 0 aromatic heterocycles. The molecule has 1 aliphatic carbocycles. The number of hydrogen-bond donors (Lipinski definition) is 1. The molecule has 1 aromatic rings. The Bertz CT molecular complexity index is 432. The van der Waals surface area contributed by atoms with Gasteiger partial charge in [-0.15, -0.1) is 0 Å². The van der Waals surface area contributed by atoms with Crippen LogP contribution in [-0.2, 0) is 14.9 Å². The Hall–Kier alpha value is -1.42. The molecule has 3 nitrogen and oxygen atoms in total. The number of esters is 1. The van der Waals surface area contributed by atoms with E-state index in [0.29, 0.717) is 0 Å². The normalized spacial score (nSPS) is 26.6. The fourth-order valence-corrected chi connectivity index (χ4v) is 2.25. The summed E-state index contributed by atoms with van der Waals surface area (Å²) in [6.07, 6.45) is 0.722. The van der Waals surface area contributed by atoms with E-state index in [1.54, 1.807) is 12.1 Å². The van der Waals surface area contributed by atoms with Gasteiger partial charge in [0.05, 0.1) is 13.2 Å². The van der Waals surface area contributed by atoms with E-state index in [4.69, 9.17) is 4.74 Å². The molecule has 1 aliphatic rings. The first-order chi connectivity index (χ1) is 8.08. The topological polar surface area (TPSA) is 46.5 Å². The minimum atomic E-state index is -0.433. The van der Waals surface area contributed by atoms with Crippen LogP contribution in [0.15, 0.2) is 24.3 Å². The zero-order chi connectivity index (χ0) is 12.5. The third-order valence-corrected chi connectivity index (χ3v) is 3.40. The number of aliphatic hydroxyl groups excluding tert-OH is 1. The van der Waals surface area contributed by atoms with Crippen LogP contribution >= 0.6 is 0 Å². The monoisotopic (exact) mass is 238 g/mol. The molecule has 2 rings (SSSR count). The molecule has 1 fully saturated rings. The molecule has 0 aliphatic heterocycles. The van der Waals surface area contributed by atoms with Gasteiger partial charge in [0.25, 0.3) is 0 Å². The summed E-state index contributed by atoms with van der Waals surface area (Å²) in [5, 5.41) is 9.47. The van der Waals surface area contributed by atoms with Crippen LogP contribution in [0.3, 0.4) is 0 Å². The highest BCUT2D eigenvalue weighted by Gasteiger charge is 2.55. The molecule has 2 atom stereocenters. The molecule has 1 aromatic carbocycles. The van der Waals surface area contributed by atoms with Gasteiger partial charge in [0.2, 0.25) is 0 Å². The zero-order valence-corrected chi connectivity index (χ0v) is 9.65. The number of hydrogen-bond acceptors (Lipinski definition) is 3. The molecule has 92 valence electrons. The number of halogens is 1. The van der Waals surface area contributed by atoms with Crippen LogP contribution in [0.1, 0.15) is 18.9 Å². The van der Waals surface area contributed by atoms with Crippen molar-refractivity contribution in [1.29, 1.82) is 0 Å². The lowest BCUT2D eigenvalue weighted by Crippen LogP contribution is -2.18. The van der Waals surface area contributed by atoms with E-state index in [1.807, 2.05) is 0 Å². The number of carbonyl (C=O) groups excluding carboxylic acids is 1. The van der Waals surface area contributed by atoms with Crippen molar-refractivity contribution < 1.29 is 19.0 Å². The van der Waals surface area contributed by atoms with E-state index in [2.05, 4.69) is 0 Å². The van der Waals surface area contributed by atoms with E-state index in [9.17, 15) is 14.3 Å². The Balaban J connectivity index is 2.10. The minimum Gasteiger partial charge on any atom is -0.466 e. The largest absolute Gasteiger partial charge is 0.466 e. The van der Waals surface area contributed by atoms with Gasteiger partial charge in [0.15, 0.2) is 0 Å². The van der Waals surface area contributed by atoms with Crippen LogP contribution in [0, 0.1) is 11.7 Å². The van der Waals surface area contributed by atoms with E-state index >= 15 is 0 Å². The average molecular weight is 238 g/mol. The lowest BCUT2D eigenvalue weighted by molar-refractivity contribution is -0.141. The first-order valence-corrected chi connectivity index (χ1v) is 5.59. The maximum Gasteiger partial charge on any atom is 0.302 e. The Morgan fingerprint density at radius 1 is 1.65 bits per heavy atom.